The van der Waals surface area contributed by atoms with Gasteiger partial charge in [-0.2, -0.15) is 12.6 Å². The van der Waals surface area contributed by atoms with Crippen molar-refractivity contribution in [3.8, 4) is 0 Å². The Balaban J connectivity index is 3.29. The number of aliphatic hydroxyl groups excluding tert-OH is 2. The number of carbonyl (C=O) groups excluding carboxylic acids is 10. The van der Waals surface area contributed by atoms with Gasteiger partial charge in [0.05, 0.1) is 31.2 Å². The molecule has 0 heterocycles. The van der Waals surface area contributed by atoms with Gasteiger partial charge in [-0.05, 0) is 88.2 Å². The van der Waals surface area contributed by atoms with Gasteiger partial charge in [0.2, 0.25) is 59.1 Å². The smallest absolute Gasteiger partial charge is 0.326 e. The number of nitrogens with one attached hydrogen (secondary N) is 10. The average molecular weight is 1220 g/mol. The Morgan fingerprint density at radius 3 is 1.35 bits per heavy atom. The number of carboxylic acid groups (broad SMARTS) is 2. The Bertz CT molecular complexity index is 2380. The van der Waals surface area contributed by atoms with E-state index in [2.05, 4.69) is 65.8 Å². The van der Waals surface area contributed by atoms with Crippen molar-refractivity contribution in [1.29, 1.82) is 0 Å². The monoisotopic (exact) mass is 1220 g/mol. The van der Waals surface area contributed by atoms with Crippen molar-refractivity contribution < 1.29 is 78.0 Å². The SMILES string of the molecule is CC[C@H](C)[C@H](N)C(=O)N[C@@H](CC(C)C)C(=O)N[C@H](C(=O)N[C@@H](CCCCN)C(=O)N[C@@H](CC(C)C)C(=O)N[C@H](C(=O)N[C@@H](CC(=O)O)C(=O)N[C@@H](CS)C(=O)NCC(=O)N[C@@H](CC(C)C)C(=O)N[C@@H](Cc1ccccc1)C(=O)O)[C@@H](C)O)[C@@H](C)O. The summed E-state index contributed by atoms with van der Waals surface area (Å²) in [6, 6.07) is -6.06. The van der Waals surface area contributed by atoms with E-state index in [0.29, 0.717) is 18.4 Å². The molecule has 28 nitrogen and oxygen atoms in total. The van der Waals surface area contributed by atoms with Gasteiger partial charge in [0.25, 0.3) is 0 Å². The molecule has 0 spiro atoms. The third kappa shape index (κ3) is 28.7. The van der Waals surface area contributed by atoms with E-state index in [1.54, 1.807) is 65.0 Å². The second-order valence-corrected chi connectivity index (χ2v) is 22.9. The van der Waals surface area contributed by atoms with E-state index in [4.69, 9.17) is 11.5 Å². The molecule has 0 unspecified atom stereocenters. The Kier molecular flexibility index (Phi) is 34.8. The molecule has 0 bridgehead atoms. The highest BCUT2D eigenvalue weighted by molar-refractivity contribution is 7.80. The lowest BCUT2D eigenvalue weighted by Gasteiger charge is -2.29. The van der Waals surface area contributed by atoms with Crippen molar-refractivity contribution in [2.75, 3.05) is 18.8 Å². The highest BCUT2D eigenvalue weighted by atomic mass is 32.1. The predicted octanol–water partition coefficient (Wildman–Crippen LogP) is -2.40. The number of hydrogen-bond acceptors (Lipinski definition) is 17. The van der Waals surface area contributed by atoms with Gasteiger partial charge < -0.3 is 85.1 Å². The minimum absolute atomic E-state index is 0.0454. The first-order chi connectivity index (χ1) is 39.8. The third-order valence-corrected chi connectivity index (χ3v) is 13.8. The number of benzene rings is 1. The number of nitrogens with two attached hydrogens (primary N) is 2. The predicted molar refractivity (Wildman–Crippen MR) is 316 cm³/mol. The number of hydrogen-bond donors (Lipinski definition) is 17. The maximum atomic E-state index is 14.1. The summed E-state index contributed by atoms with van der Waals surface area (Å²) in [6.45, 7) is 16.0. The number of rotatable bonds is 40. The minimum Gasteiger partial charge on any atom is -0.481 e. The zero-order chi connectivity index (χ0) is 64.8. The van der Waals surface area contributed by atoms with Crippen LogP contribution in [0.1, 0.15) is 126 Å². The van der Waals surface area contributed by atoms with Crippen LogP contribution in [0.2, 0.25) is 0 Å². The molecule has 0 aliphatic carbocycles. The molecule has 29 heteroatoms. The molecular formula is C56H94N12O16S. The molecule has 0 radical (unpaired) electrons. The summed E-state index contributed by atoms with van der Waals surface area (Å²) in [5.74, 6) is -13.7. The van der Waals surface area contributed by atoms with Crippen LogP contribution in [0.25, 0.3) is 0 Å². The maximum absolute atomic E-state index is 14.1. The van der Waals surface area contributed by atoms with Crippen LogP contribution in [0, 0.1) is 23.7 Å². The molecule has 0 aliphatic rings. The topological polar surface area (TPSA) is 458 Å². The second kappa shape index (κ2) is 38.9. The van der Waals surface area contributed by atoms with Crippen LogP contribution in [0.4, 0.5) is 0 Å². The van der Waals surface area contributed by atoms with Crippen molar-refractivity contribution in [2.24, 2.45) is 35.1 Å². The molecule has 85 heavy (non-hydrogen) atoms. The molecule has 1 aromatic rings. The highest BCUT2D eigenvalue weighted by Crippen LogP contribution is 2.14. The van der Waals surface area contributed by atoms with Gasteiger partial charge in [-0.3, -0.25) is 52.7 Å². The van der Waals surface area contributed by atoms with E-state index < -0.39 is 162 Å². The fourth-order valence-corrected chi connectivity index (χ4v) is 8.73. The summed E-state index contributed by atoms with van der Waals surface area (Å²) in [5, 5.41) is 65.3. The minimum atomic E-state index is -1.96. The van der Waals surface area contributed by atoms with Gasteiger partial charge in [0, 0.05) is 12.2 Å². The van der Waals surface area contributed by atoms with Crippen LogP contribution in [-0.2, 0) is 64.0 Å². The second-order valence-electron chi connectivity index (χ2n) is 22.6. The zero-order valence-corrected chi connectivity index (χ0v) is 51.3. The normalized spacial score (nSPS) is 15.9. The van der Waals surface area contributed by atoms with Gasteiger partial charge in [0.1, 0.15) is 54.4 Å². The van der Waals surface area contributed by atoms with Crippen molar-refractivity contribution >= 4 is 83.6 Å². The third-order valence-electron chi connectivity index (χ3n) is 13.5. The number of aliphatic carboxylic acids is 2. The van der Waals surface area contributed by atoms with Gasteiger partial charge in [-0.1, -0.05) is 92.1 Å². The molecule has 0 aromatic heterocycles. The average Bonchev–Trinajstić information content (AvgIpc) is 3.58. The van der Waals surface area contributed by atoms with Crippen LogP contribution in [0.3, 0.4) is 0 Å². The first kappa shape index (κ1) is 76.1. The molecule has 18 N–H and O–H groups in total. The summed E-state index contributed by atoms with van der Waals surface area (Å²) < 4.78 is 0. The quantitative estimate of drug-likeness (QED) is 0.0241. The molecule has 480 valence electrons. The summed E-state index contributed by atoms with van der Waals surface area (Å²) >= 11 is 4.11. The number of amides is 10. The highest BCUT2D eigenvalue weighted by Gasteiger charge is 2.38. The van der Waals surface area contributed by atoms with E-state index in [1.807, 2.05) is 20.8 Å². The van der Waals surface area contributed by atoms with Gasteiger partial charge in [-0.15, -0.1) is 0 Å². The largest absolute Gasteiger partial charge is 0.481 e. The number of unbranched alkanes of at least 4 members (excludes halogenated alkanes) is 1. The first-order valence-electron chi connectivity index (χ1n) is 28.7. The van der Waals surface area contributed by atoms with Crippen LogP contribution in [0.15, 0.2) is 30.3 Å². The van der Waals surface area contributed by atoms with Gasteiger partial charge >= 0.3 is 11.9 Å². The van der Waals surface area contributed by atoms with Crippen molar-refractivity contribution in [2.45, 2.75) is 200 Å². The van der Waals surface area contributed by atoms with E-state index in [0.717, 1.165) is 6.92 Å². The number of carbonyl (C=O) groups is 12. The molecule has 0 aliphatic heterocycles. The molecule has 13 atom stereocenters. The molecule has 0 saturated carbocycles. The van der Waals surface area contributed by atoms with E-state index in [9.17, 15) is 78.0 Å². The molecular weight excluding hydrogens is 1130 g/mol. The summed E-state index contributed by atoms with van der Waals surface area (Å²) in [6.07, 6.45) is -3.02. The van der Waals surface area contributed by atoms with Crippen molar-refractivity contribution in [3.63, 3.8) is 0 Å². The van der Waals surface area contributed by atoms with E-state index in [1.165, 1.54) is 6.92 Å². The number of thiol groups is 1. The van der Waals surface area contributed by atoms with Crippen LogP contribution in [0.5, 0.6) is 0 Å². The molecule has 10 amide bonds. The molecule has 1 rings (SSSR count). The fraction of sp³-hybridized carbons (Fsp3) is 0.679. The van der Waals surface area contributed by atoms with Crippen LogP contribution >= 0.6 is 12.6 Å². The summed E-state index contributed by atoms with van der Waals surface area (Å²) in [4.78, 5) is 160. The fourth-order valence-electron chi connectivity index (χ4n) is 8.47. The number of aliphatic hydroxyl groups is 2. The van der Waals surface area contributed by atoms with Crippen molar-refractivity contribution in [3.05, 3.63) is 35.9 Å². The maximum Gasteiger partial charge on any atom is 0.326 e. The Morgan fingerprint density at radius 1 is 0.506 bits per heavy atom. The number of carboxylic acids is 2. The van der Waals surface area contributed by atoms with Crippen LogP contribution < -0.4 is 64.6 Å². The van der Waals surface area contributed by atoms with Gasteiger partial charge in [0.15, 0.2) is 0 Å². The Morgan fingerprint density at radius 2 is 0.918 bits per heavy atom. The van der Waals surface area contributed by atoms with E-state index in [-0.39, 0.29) is 68.7 Å². The lowest BCUT2D eigenvalue weighted by molar-refractivity contribution is -0.142. The zero-order valence-electron chi connectivity index (χ0n) is 50.4. The van der Waals surface area contributed by atoms with Crippen molar-refractivity contribution in [1.82, 2.24) is 53.2 Å². The molecule has 1 aromatic carbocycles. The standard InChI is InChI=1S/C56H94N12O16S/c1-11-31(8)44(58)53(80)63-38(23-30(6)7)52(79)67-45(32(9)69)54(81)61-35(19-15-16-20-57)48(75)62-37(22-29(4)5)51(78)68-46(33(10)70)55(82)64-39(25-43(72)73)50(77)66-41(27-85)47(74)59-26-42(71)60-36(21-28(2)3)49(76)65-40(56(83)84)24-34-17-13-12-14-18-34/h12-14,17-18,28-33,35-41,44-46,69-70,85H,11,15-16,19-27,57-58H2,1-10H3,(H,59,74)(H,60,71)(H,61,81)(H,62,75)(H,63,80)(H,64,82)(H,65,76)(H,66,77)(H,67,79)(H,68,78)(H,72,73)(H,83,84)/t31-,32+,33+,35-,36-,37-,38-,39-,40-,41-,44-,45-,46-/m0/s1. The molecule has 0 fully saturated rings. The first-order valence-corrected chi connectivity index (χ1v) is 29.3. The Labute approximate surface area is 502 Å². The Hall–Kier alpha value is -6.95. The van der Waals surface area contributed by atoms with Crippen LogP contribution in [-0.4, -0.2) is 183 Å². The van der Waals surface area contributed by atoms with E-state index >= 15 is 0 Å². The summed E-state index contributed by atoms with van der Waals surface area (Å²) in [7, 11) is 0. The molecule has 0 saturated heterocycles. The lowest BCUT2D eigenvalue weighted by atomic mass is 9.97. The lowest BCUT2D eigenvalue weighted by Crippen LogP contribution is -2.62. The summed E-state index contributed by atoms with van der Waals surface area (Å²) in [5.41, 5.74) is 12.5. The van der Waals surface area contributed by atoms with Gasteiger partial charge in [-0.25, -0.2) is 4.79 Å².